The van der Waals surface area contributed by atoms with Gasteiger partial charge in [0.25, 0.3) is 0 Å². The minimum atomic E-state index is -1.57. The minimum Gasteiger partial charge on any atom is -0.293 e. The van der Waals surface area contributed by atoms with Crippen molar-refractivity contribution in [2.24, 2.45) is 5.41 Å². The lowest BCUT2D eigenvalue weighted by molar-refractivity contribution is -0.500. The highest BCUT2D eigenvalue weighted by molar-refractivity contribution is 6.33. The van der Waals surface area contributed by atoms with Gasteiger partial charge in [-0.3, -0.25) is 19.7 Å². The van der Waals surface area contributed by atoms with Gasteiger partial charge in [-0.15, -0.1) is 0 Å². The van der Waals surface area contributed by atoms with Crippen molar-refractivity contribution in [1.82, 2.24) is 0 Å². The van der Waals surface area contributed by atoms with E-state index in [1.165, 1.54) is 0 Å². The van der Waals surface area contributed by atoms with Crippen LogP contribution in [0.15, 0.2) is 48.5 Å². The fraction of sp³-hybridized carbons (Fsp3) is 0.333. The monoisotopic (exact) mass is 349 g/mol. The first-order valence-electron chi connectivity index (χ1n) is 8.63. The van der Waals surface area contributed by atoms with E-state index in [9.17, 15) is 19.7 Å². The van der Waals surface area contributed by atoms with Gasteiger partial charge >= 0.3 is 0 Å². The quantitative estimate of drug-likeness (QED) is 0.469. The second kappa shape index (κ2) is 5.10. The zero-order valence-corrected chi connectivity index (χ0v) is 14.9. The molecular formula is C21H19NO4. The minimum absolute atomic E-state index is 0.0441. The average molecular weight is 349 g/mol. The molecule has 0 amide bonds. The number of hydrogen-bond acceptors (Lipinski definition) is 4. The lowest BCUT2D eigenvalue weighted by Crippen LogP contribution is -2.25. The predicted molar refractivity (Wildman–Crippen MR) is 96.2 cm³/mol. The topological polar surface area (TPSA) is 77.3 Å². The van der Waals surface area contributed by atoms with Gasteiger partial charge < -0.3 is 0 Å². The first kappa shape index (κ1) is 16.6. The van der Waals surface area contributed by atoms with E-state index in [0.717, 1.165) is 5.56 Å². The van der Waals surface area contributed by atoms with Crippen molar-refractivity contribution < 1.29 is 14.5 Å². The summed E-state index contributed by atoms with van der Waals surface area (Å²) in [7, 11) is 0. The van der Waals surface area contributed by atoms with Gasteiger partial charge in [0.1, 0.15) is 0 Å². The van der Waals surface area contributed by atoms with E-state index in [-0.39, 0.29) is 5.41 Å². The van der Waals surface area contributed by atoms with Gasteiger partial charge in [0.05, 0.1) is 5.92 Å². The lowest BCUT2D eigenvalue weighted by Gasteiger charge is -2.19. The molecular weight excluding hydrogens is 330 g/mol. The van der Waals surface area contributed by atoms with Gasteiger partial charge in [0.15, 0.2) is 17.0 Å². The summed E-state index contributed by atoms with van der Waals surface area (Å²) < 4.78 is 0. The third-order valence-electron chi connectivity index (χ3n) is 5.69. The first-order chi connectivity index (χ1) is 12.2. The molecule has 5 heteroatoms. The van der Waals surface area contributed by atoms with Crippen LogP contribution in [0.3, 0.4) is 0 Å². The Hall–Kier alpha value is -2.82. The van der Waals surface area contributed by atoms with E-state index in [4.69, 9.17) is 0 Å². The van der Waals surface area contributed by atoms with Crippen molar-refractivity contribution in [3.8, 4) is 0 Å². The molecule has 5 nitrogen and oxygen atoms in total. The number of carbonyl (C=O) groups is 2. The van der Waals surface area contributed by atoms with Crippen molar-refractivity contribution >= 4 is 11.6 Å². The van der Waals surface area contributed by atoms with Crippen LogP contribution in [0.2, 0.25) is 0 Å². The zero-order chi connectivity index (χ0) is 18.9. The van der Waals surface area contributed by atoms with E-state index in [1.54, 1.807) is 24.3 Å². The van der Waals surface area contributed by atoms with E-state index in [1.807, 2.05) is 24.3 Å². The Labute approximate surface area is 151 Å². The average Bonchev–Trinajstić information content (AvgIpc) is 3.26. The summed E-state index contributed by atoms with van der Waals surface area (Å²) in [5, 5.41) is 11.7. The van der Waals surface area contributed by atoms with Crippen molar-refractivity contribution in [2.45, 2.75) is 38.1 Å². The summed E-state index contributed by atoms with van der Waals surface area (Å²) in [5.74, 6) is -1.53. The summed E-state index contributed by atoms with van der Waals surface area (Å²) in [6, 6.07) is 12.8. The molecule has 2 atom stereocenters. The molecule has 0 N–H and O–H groups in total. The lowest BCUT2D eigenvalue weighted by atomic mass is 9.85. The molecule has 0 aliphatic heterocycles. The van der Waals surface area contributed by atoms with Crippen LogP contribution in [0.25, 0.3) is 0 Å². The Bertz CT molecular complexity index is 918. The van der Waals surface area contributed by atoms with Crippen LogP contribution in [0.5, 0.6) is 0 Å². The molecule has 0 saturated heterocycles. The number of hydrogen-bond donors (Lipinski definition) is 0. The number of rotatable bonds is 2. The van der Waals surface area contributed by atoms with Gasteiger partial charge in [-0.2, -0.15) is 0 Å². The summed E-state index contributed by atoms with van der Waals surface area (Å²) >= 11 is 0. The Morgan fingerprint density at radius 3 is 1.85 bits per heavy atom. The van der Waals surface area contributed by atoms with Crippen LogP contribution in [0.1, 0.15) is 58.5 Å². The van der Waals surface area contributed by atoms with Crippen molar-refractivity contribution in [2.75, 3.05) is 0 Å². The zero-order valence-electron chi connectivity index (χ0n) is 14.9. The number of carbonyl (C=O) groups excluding carboxylic acids is 2. The Kier molecular flexibility index (Phi) is 3.26. The highest BCUT2D eigenvalue weighted by Gasteiger charge is 2.84. The Morgan fingerprint density at radius 2 is 1.42 bits per heavy atom. The maximum Gasteiger partial charge on any atom is 0.242 e. The molecule has 4 rings (SSSR count). The first-order valence-corrected chi connectivity index (χ1v) is 8.63. The Morgan fingerprint density at radius 1 is 0.923 bits per heavy atom. The number of nitrogens with zero attached hydrogens (tertiary/aromatic N) is 1. The summed E-state index contributed by atoms with van der Waals surface area (Å²) in [4.78, 5) is 37.2. The molecule has 2 aromatic carbocycles. The number of benzene rings is 2. The van der Waals surface area contributed by atoms with Crippen LogP contribution in [-0.2, 0) is 5.41 Å². The highest BCUT2D eigenvalue weighted by Crippen LogP contribution is 2.66. The molecule has 1 saturated carbocycles. The summed E-state index contributed by atoms with van der Waals surface area (Å²) in [6.45, 7) is 6.25. The van der Waals surface area contributed by atoms with Crippen molar-refractivity contribution in [3.05, 3.63) is 80.9 Å². The third-order valence-corrected chi connectivity index (χ3v) is 5.69. The van der Waals surface area contributed by atoms with Crippen LogP contribution in [0, 0.1) is 15.5 Å². The van der Waals surface area contributed by atoms with Crippen molar-refractivity contribution in [1.29, 1.82) is 0 Å². The molecule has 2 aromatic rings. The molecule has 0 heterocycles. The maximum absolute atomic E-state index is 13.0. The second-order valence-electron chi connectivity index (χ2n) is 8.15. The van der Waals surface area contributed by atoms with E-state index < -0.39 is 33.9 Å². The van der Waals surface area contributed by atoms with E-state index in [0.29, 0.717) is 16.7 Å². The molecule has 2 aliphatic carbocycles. The van der Waals surface area contributed by atoms with Crippen LogP contribution in [-0.4, -0.2) is 22.5 Å². The summed E-state index contributed by atoms with van der Waals surface area (Å²) in [6.07, 6.45) is 0. The number of fused-ring (bicyclic) bond motifs is 1. The number of nitro groups is 1. The van der Waals surface area contributed by atoms with Gasteiger partial charge in [-0.25, -0.2) is 0 Å². The molecule has 0 radical (unpaired) electrons. The van der Waals surface area contributed by atoms with Crippen molar-refractivity contribution in [3.63, 3.8) is 0 Å². The van der Waals surface area contributed by atoms with Gasteiger partial charge in [-0.1, -0.05) is 69.3 Å². The smallest absolute Gasteiger partial charge is 0.242 e. The number of Topliss-reactive ketones (excluding diaryl/α,β-unsaturated/α-hetero) is 2. The molecule has 0 unspecified atom stereocenters. The van der Waals surface area contributed by atoms with Gasteiger partial charge in [-0.05, 0) is 16.5 Å². The fourth-order valence-corrected chi connectivity index (χ4v) is 4.27. The van der Waals surface area contributed by atoms with Crippen LogP contribution in [0.4, 0.5) is 0 Å². The molecule has 1 fully saturated rings. The highest BCUT2D eigenvalue weighted by atomic mass is 16.6. The molecule has 26 heavy (non-hydrogen) atoms. The van der Waals surface area contributed by atoms with Gasteiger partial charge in [0.2, 0.25) is 6.04 Å². The molecule has 0 aromatic heterocycles. The largest absolute Gasteiger partial charge is 0.293 e. The Balaban J connectivity index is 1.80. The van der Waals surface area contributed by atoms with Gasteiger partial charge in [0, 0.05) is 16.1 Å². The predicted octanol–water partition coefficient (Wildman–Crippen LogP) is 3.79. The molecule has 0 bridgehead atoms. The van der Waals surface area contributed by atoms with E-state index in [2.05, 4.69) is 20.8 Å². The maximum atomic E-state index is 13.0. The normalized spacial score (nSPS) is 23.2. The van der Waals surface area contributed by atoms with Crippen LogP contribution < -0.4 is 0 Å². The SMILES string of the molecule is CC(C)(C)c1ccc([C@H]2[C@H]([N+](=O)[O-])C23C(=O)c2ccccc2C3=O)cc1. The summed E-state index contributed by atoms with van der Waals surface area (Å²) in [5.41, 5.74) is 0.764. The van der Waals surface area contributed by atoms with E-state index >= 15 is 0 Å². The molecule has 1 spiro atoms. The van der Waals surface area contributed by atoms with Crippen LogP contribution >= 0.6 is 0 Å². The molecule has 2 aliphatic rings. The third kappa shape index (κ3) is 1.97. The second-order valence-corrected chi connectivity index (χ2v) is 8.15. The standard InChI is InChI=1S/C21H19NO4/c1-20(2,3)13-10-8-12(9-11-13)16-17(22(25)26)21(16)18(23)14-6-4-5-7-15(14)19(21)24/h4-11,16-17H,1-3H3/t16-,17-/m0/s1. The number of ketones is 2. The molecule has 132 valence electrons. The fourth-order valence-electron chi connectivity index (χ4n) is 4.27.